The third kappa shape index (κ3) is 4.53. The summed E-state index contributed by atoms with van der Waals surface area (Å²) in [6.07, 6.45) is 4.95. The summed E-state index contributed by atoms with van der Waals surface area (Å²) in [4.78, 5) is 25.6. The highest BCUT2D eigenvalue weighted by Gasteiger charge is 2.53. The Morgan fingerprint density at radius 2 is 1.94 bits per heavy atom. The van der Waals surface area contributed by atoms with Crippen LogP contribution < -0.4 is 27.0 Å². The van der Waals surface area contributed by atoms with Crippen molar-refractivity contribution in [2.24, 2.45) is 28.9 Å². The number of nitrogens with two attached hydrogens (primary N) is 1. The summed E-state index contributed by atoms with van der Waals surface area (Å²) < 4.78 is 0. The lowest BCUT2D eigenvalue weighted by atomic mass is 9.45. The second-order valence-electron chi connectivity index (χ2n) is 10.7. The number of carbonyl (C=O) groups excluding carboxylic acids is 1. The Bertz CT molecular complexity index is 1060. The summed E-state index contributed by atoms with van der Waals surface area (Å²) in [6, 6.07) is 5.61. The van der Waals surface area contributed by atoms with Crippen LogP contribution in [-0.4, -0.2) is 46.5 Å². The molecule has 182 valence electrons. The minimum atomic E-state index is -0.467. The maximum atomic E-state index is 11.7. The van der Waals surface area contributed by atoms with Crippen molar-refractivity contribution in [3.05, 3.63) is 29.3 Å². The molecule has 0 spiro atoms. The van der Waals surface area contributed by atoms with E-state index in [1.807, 2.05) is 13.0 Å². The summed E-state index contributed by atoms with van der Waals surface area (Å²) in [5.74, 6) is 3.36. The molecular weight excluding hydrogens is 428 g/mol. The average molecular weight is 465 g/mol. The van der Waals surface area contributed by atoms with Crippen LogP contribution in [0.3, 0.4) is 0 Å². The van der Waals surface area contributed by atoms with Crippen molar-refractivity contribution in [1.82, 2.24) is 20.3 Å². The van der Waals surface area contributed by atoms with Gasteiger partial charge in [0.15, 0.2) is 0 Å². The summed E-state index contributed by atoms with van der Waals surface area (Å²) >= 11 is 0. The molecule has 2 bridgehead atoms. The van der Waals surface area contributed by atoms with E-state index in [1.54, 1.807) is 12.1 Å². The molecule has 6 N–H and O–H groups in total. The predicted octanol–water partition coefficient (Wildman–Crippen LogP) is 3.28. The third-order valence-corrected chi connectivity index (χ3v) is 8.32. The van der Waals surface area contributed by atoms with Gasteiger partial charge in [-0.1, -0.05) is 19.9 Å². The van der Waals surface area contributed by atoms with E-state index >= 15 is 0 Å². The van der Waals surface area contributed by atoms with Gasteiger partial charge < -0.3 is 27.0 Å². The van der Waals surface area contributed by atoms with Crippen molar-refractivity contribution in [3.63, 3.8) is 0 Å². The van der Waals surface area contributed by atoms with E-state index in [1.165, 1.54) is 19.3 Å². The van der Waals surface area contributed by atoms with E-state index in [2.05, 4.69) is 50.1 Å². The largest absolute Gasteiger partial charge is 0.366 e. The van der Waals surface area contributed by atoms with Crippen LogP contribution in [0.4, 0.5) is 23.5 Å². The van der Waals surface area contributed by atoms with Gasteiger partial charge in [0.05, 0.1) is 0 Å². The zero-order chi connectivity index (χ0) is 23.9. The molecule has 3 aliphatic carbocycles. The van der Waals surface area contributed by atoms with Gasteiger partial charge in [-0.3, -0.25) is 4.79 Å². The molecule has 6 rings (SSSR count). The molecule has 9 nitrogen and oxygen atoms in total. The second-order valence-corrected chi connectivity index (χ2v) is 10.7. The number of hydrogen-bond donors (Lipinski definition) is 5. The van der Waals surface area contributed by atoms with E-state index in [9.17, 15) is 4.79 Å². The highest BCUT2D eigenvalue weighted by Crippen LogP contribution is 2.61. The maximum Gasteiger partial charge on any atom is 0.248 e. The van der Waals surface area contributed by atoms with E-state index < -0.39 is 5.91 Å². The smallest absolute Gasteiger partial charge is 0.248 e. The Labute approximate surface area is 201 Å². The van der Waals surface area contributed by atoms with Gasteiger partial charge in [0.25, 0.3) is 0 Å². The Morgan fingerprint density at radius 1 is 1.15 bits per heavy atom. The average Bonchev–Trinajstić information content (AvgIpc) is 3.32. The number of nitrogens with zero attached hydrogens (tertiary/aromatic N) is 3. The molecule has 4 fully saturated rings. The van der Waals surface area contributed by atoms with Gasteiger partial charge in [-0.05, 0) is 80.0 Å². The Hall–Kier alpha value is -2.94. The van der Waals surface area contributed by atoms with Crippen LogP contribution in [-0.2, 0) is 0 Å². The zero-order valence-corrected chi connectivity index (χ0v) is 20.3. The molecule has 1 amide bonds. The van der Waals surface area contributed by atoms with Gasteiger partial charge in [-0.15, -0.1) is 0 Å². The van der Waals surface area contributed by atoms with Crippen LogP contribution in [0.2, 0.25) is 0 Å². The molecule has 1 aliphatic heterocycles. The van der Waals surface area contributed by atoms with Crippen molar-refractivity contribution >= 4 is 29.4 Å². The minimum Gasteiger partial charge on any atom is -0.366 e. The quantitative estimate of drug-likeness (QED) is 0.402. The molecule has 9 heteroatoms. The Kier molecular flexibility index (Phi) is 6.06. The summed E-state index contributed by atoms with van der Waals surface area (Å²) in [7, 11) is 0. The number of benzene rings is 1. The molecule has 3 saturated carbocycles. The standard InChI is InChI=1S/C25H36N8O/c1-14-4-5-15(21(26)34)10-20(14)30-24-32-22(31-23(33-24)29-18-8-9-27-13-18)28-12-16-6-7-17-11-19(16)25(17,2)3/h4-5,10,16-19,27H,6-9,11-13H2,1-3H3,(H2,26,34)(H3,28,29,30,31,32,33)/t16-,17-,18-,19-/m0/s1. The Balaban J connectivity index is 1.36. The minimum absolute atomic E-state index is 0.286. The number of carbonyl (C=O) groups is 1. The van der Waals surface area contributed by atoms with Crippen molar-refractivity contribution in [2.75, 3.05) is 35.6 Å². The third-order valence-electron chi connectivity index (χ3n) is 8.32. The SMILES string of the molecule is Cc1ccc(C(N)=O)cc1Nc1nc(NC[C@@H]2CC[C@H]3C[C@@H]2C3(C)C)nc(N[C@H]2CCNC2)n1. The summed E-state index contributed by atoms with van der Waals surface area (Å²) in [6.45, 7) is 9.54. The van der Waals surface area contributed by atoms with Gasteiger partial charge >= 0.3 is 0 Å². The van der Waals surface area contributed by atoms with Crippen molar-refractivity contribution in [3.8, 4) is 0 Å². The zero-order valence-electron chi connectivity index (χ0n) is 20.3. The number of primary amides is 1. The number of nitrogens with one attached hydrogen (secondary N) is 4. The van der Waals surface area contributed by atoms with Crippen molar-refractivity contribution in [2.45, 2.75) is 52.5 Å². The number of aryl methyl sites for hydroxylation is 1. The van der Waals surface area contributed by atoms with E-state index in [-0.39, 0.29) is 6.04 Å². The molecule has 34 heavy (non-hydrogen) atoms. The lowest BCUT2D eigenvalue weighted by molar-refractivity contribution is -0.100. The van der Waals surface area contributed by atoms with Crippen molar-refractivity contribution in [1.29, 1.82) is 0 Å². The first-order valence-electron chi connectivity index (χ1n) is 12.4. The van der Waals surface area contributed by atoms with E-state index in [4.69, 9.17) is 5.73 Å². The highest BCUT2D eigenvalue weighted by molar-refractivity contribution is 5.94. The molecule has 4 aliphatic rings. The number of anilines is 4. The molecule has 0 radical (unpaired) electrons. The number of aromatic nitrogens is 3. The van der Waals surface area contributed by atoms with Crippen LogP contribution in [0.25, 0.3) is 0 Å². The van der Waals surface area contributed by atoms with Gasteiger partial charge in [0.1, 0.15) is 0 Å². The van der Waals surface area contributed by atoms with Gasteiger partial charge in [0, 0.05) is 30.4 Å². The Morgan fingerprint density at radius 3 is 2.65 bits per heavy atom. The molecule has 4 atom stereocenters. The van der Waals surface area contributed by atoms with Gasteiger partial charge in [-0.25, -0.2) is 0 Å². The number of hydrogen-bond acceptors (Lipinski definition) is 8. The first-order valence-corrected chi connectivity index (χ1v) is 12.4. The first-order chi connectivity index (χ1) is 16.3. The molecule has 2 aromatic rings. The molecule has 2 heterocycles. The fraction of sp³-hybridized carbons (Fsp3) is 0.600. The molecule has 1 aromatic heterocycles. The van der Waals surface area contributed by atoms with Crippen molar-refractivity contribution < 1.29 is 4.79 Å². The summed E-state index contributed by atoms with van der Waals surface area (Å²) in [5, 5.41) is 13.6. The van der Waals surface area contributed by atoms with Gasteiger partial charge in [0.2, 0.25) is 23.8 Å². The van der Waals surface area contributed by atoms with E-state index in [0.29, 0.717) is 34.7 Å². The number of rotatable bonds is 8. The topological polar surface area (TPSA) is 130 Å². The van der Waals surface area contributed by atoms with Crippen LogP contribution in [0.1, 0.15) is 55.5 Å². The maximum absolute atomic E-state index is 11.7. The van der Waals surface area contributed by atoms with Crippen LogP contribution in [0.15, 0.2) is 18.2 Å². The molecule has 1 saturated heterocycles. The van der Waals surface area contributed by atoms with Crippen LogP contribution in [0, 0.1) is 30.1 Å². The lowest BCUT2D eigenvalue weighted by Gasteiger charge is -2.60. The fourth-order valence-corrected chi connectivity index (χ4v) is 6.00. The molecule has 0 unspecified atom stereocenters. The van der Waals surface area contributed by atoms with E-state index in [0.717, 1.165) is 49.1 Å². The second kappa shape index (κ2) is 9.02. The monoisotopic (exact) mass is 464 g/mol. The molecule has 1 aromatic carbocycles. The summed E-state index contributed by atoms with van der Waals surface area (Å²) in [5.41, 5.74) is 8.08. The van der Waals surface area contributed by atoms with Crippen LogP contribution in [0.5, 0.6) is 0 Å². The normalized spacial score (nSPS) is 27.0. The number of amides is 1. The first kappa shape index (κ1) is 22.8. The highest BCUT2D eigenvalue weighted by atomic mass is 16.1. The predicted molar refractivity (Wildman–Crippen MR) is 134 cm³/mol. The van der Waals surface area contributed by atoms with Gasteiger partial charge in [-0.2, -0.15) is 15.0 Å². The number of fused-ring (bicyclic) bond motifs is 2. The molecular formula is C25H36N8O. The van der Waals surface area contributed by atoms with Crippen LogP contribution >= 0.6 is 0 Å². The lowest BCUT2D eigenvalue weighted by Crippen LogP contribution is -2.53. The fourth-order valence-electron chi connectivity index (χ4n) is 6.00.